The molecule has 3 aromatic rings. The molecule has 0 spiro atoms. The predicted molar refractivity (Wildman–Crippen MR) is 91.5 cm³/mol. The van der Waals surface area contributed by atoms with Gasteiger partial charge in [-0.15, -0.1) is 5.10 Å². The van der Waals surface area contributed by atoms with E-state index in [1.165, 1.54) is 0 Å². The Hall–Kier alpha value is -3.02. The maximum Gasteiger partial charge on any atom is 0.278 e. The number of aromatic nitrogens is 3. The standard InChI is InChI=1S/C18H18N4O2/c1-12-7-9-14(10-8-12)13(2)19-17(23)11-22-18(24)15-5-3-4-6-16(15)20-21-22/h3-10,13H,11H2,1-2H3,(H,19,23)/t13-/m0/s1. The van der Waals surface area contributed by atoms with Crippen LogP contribution in [0.25, 0.3) is 10.9 Å². The van der Waals surface area contributed by atoms with Gasteiger partial charge in [-0.3, -0.25) is 9.59 Å². The van der Waals surface area contributed by atoms with E-state index in [1.54, 1.807) is 24.3 Å². The summed E-state index contributed by atoms with van der Waals surface area (Å²) in [6, 6.07) is 14.7. The van der Waals surface area contributed by atoms with Gasteiger partial charge in [0.25, 0.3) is 5.56 Å². The molecule has 122 valence electrons. The smallest absolute Gasteiger partial charge is 0.278 e. The first-order valence-corrected chi connectivity index (χ1v) is 7.73. The van der Waals surface area contributed by atoms with Gasteiger partial charge in [-0.1, -0.05) is 47.2 Å². The number of carbonyl (C=O) groups is 1. The molecule has 0 saturated carbocycles. The molecule has 2 aromatic carbocycles. The van der Waals surface area contributed by atoms with E-state index in [0.29, 0.717) is 10.9 Å². The number of fused-ring (bicyclic) bond motifs is 1. The highest BCUT2D eigenvalue weighted by atomic mass is 16.2. The second kappa shape index (κ2) is 6.62. The molecule has 1 atom stereocenters. The number of hydrogen-bond donors (Lipinski definition) is 1. The van der Waals surface area contributed by atoms with Crippen molar-refractivity contribution in [1.29, 1.82) is 0 Å². The van der Waals surface area contributed by atoms with Gasteiger partial charge in [0.15, 0.2) is 0 Å². The third-order valence-electron chi connectivity index (χ3n) is 3.88. The molecule has 1 aromatic heterocycles. The van der Waals surface area contributed by atoms with E-state index in [0.717, 1.165) is 15.8 Å². The number of hydrogen-bond acceptors (Lipinski definition) is 4. The van der Waals surface area contributed by atoms with Gasteiger partial charge in [0.05, 0.1) is 11.4 Å². The number of benzene rings is 2. The fourth-order valence-corrected chi connectivity index (χ4v) is 2.49. The van der Waals surface area contributed by atoms with Crippen LogP contribution in [0.15, 0.2) is 53.3 Å². The van der Waals surface area contributed by atoms with E-state index >= 15 is 0 Å². The highest BCUT2D eigenvalue weighted by Gasteiger charge is 2.12. The van der Waals surface area contributed by atoms with Crippen molar-refractivity contribution in [3.63, 3.8) is 0 Å². The van der Waals surface area contributed by atoms with Crippen LogP contribution in [0.1, 0.15) is 24.1 Å². The van der Waals surface area contributed by atoms with E-state index in [1.807, 2.05) is 38.1 Å². The molecule has 0 aliphatic rings. The molecule has 0 bridgehead atoms. The summed E-state index contributed by atoms with van der Waals surface area (Å²) in [7, 11) is 0. The normalized spacial score (nSPS) is 12.1. The van der Waals surface area contributed by atoms with Gasteiger partial charge in [-0.05, 0) is 31.5 Å². The van der Waals surface area contributed by atoms with Gasteiger partial charge < -0.3 is 5.32 Å². The maximum atomic E-state index is 12.3. The molecular formula is C18H18N4O2. The van der Waals surface area contributed by atoms with E-state index in [4.69, 9.17) is 0 Å². The zero-order chi connectivity index (χ0) is 17.1. The lowest BCUT2D eigenvalue weighted by atomic mass is 10.1. The summed E-state index contributed by atoms with van der Waals surface area (Å²) in [5, 5.41) is 11.1. The van der Waals surface area contributed by atoms with Crippen LogP contribution in [-0.2, 0) is 11.3 Å². The largest absolute Gasteiger partial charge is 0.348 e. The minimum atomic E-state index is -0.321. The molecule has 1 N–H and O–H groups in total. The number of nitrogens with one attached hydrogen (secondary N) is 1. The van der Waals surface area contributed by atoms with Gasteiger partial charge in [0.2, 0.25) is 5.91 Å². The van der Waals surface area contributed by atoms with E-state index < -0.39 is 0 Å². The monoisotopic (exact) mass is 322 g/mol. The summed E-state index contributed by atoms with van der Waals surface area (Å²) in [5.41, 5.74) is 2.37. The highest BCUT2D eigenvalue weighted by molar-refractivity contribution is 5.78. The van der Waals surface area contributed by atoms with E-state index in [9.17, 15) is 9.59 Å². The van der Waals surface area contributed by atoms with Crippen molar-refractivity contribution >= 4 is 16.8 Å². The third kappa shape index (κ3) is 3.32. The zero-order valence-corrected chi connectivity index (χ0v) is 13.6. The molecular weight excluding hydrogens is 304 g/mol. The molecule has 3 rings (SSSR count). The molecule has 0 aliphatic heterocycles. The average molecular weight is 322 g/mol. The Morgan fingerprint density at radius 1 is 1.17 bits per heavy atom. The van der Waals surface area contributed by atoms with Gasteiger partial charge in [-0.2, -0.15) is 0 Å². The third-order valence-corrected chi connectivity index (χ3v) is 3.88. The number of carbonyl (C=O) groups excluding carboxylic acids is 1. The molecule has 0 aliphatic carbocycles. The van der Waals surface area contributed by atoms with Gasteiger partial charge in [0.1, 0.15) is 12.1 Å². The molecule has 0 saturated heterocycles. The van der Waals surface area contributed by atoms with Crippen molar-refractivity contribution in [1.82, 2.24) is 20.3 Å². The summed E-state index contributed by atoms with van der Waals surface area (Å²) in [6.07, 6.45) is 0. The Labute approximate surface area is 139 Å². The Balaban J connectivity index is 1.74. The van der Waals surface area contributed by atoms with Crippen molar-refractivity contribution in [2.45, 2.75) is 26.4 Å². The van der Waals surface area contributed by atoms with Crippen molar-refractivity contribution in [2.75, 3.05) is 0 Å². The maximum absolute atomic E-state index is 12.3. The Morgan fingerprint density at radius 3 is 2.62 bits per heavy atom. The number of rotatable bonds is 4. The molecule has 1 heterocycles. The minimum absolute atomic E-state index is 0.151. The number of nitrogens with zero attached hydrogens (tertiary/aromatic N) is 3. The summed E-state index contributed by atoms with van der Waals surface area (Å²) in [6.45, 7) is 3.75. The minimum Gasteiger partial charge on any atom is -0.348 e. The van der Waals surface area contributed by atoms with Crippen molar-refractivity contribution in [3.05, 3.63) is 70.0 Å². The fourth-order valence-electron chi connectivity index (χ4n) is 2.49. The van der Waals surface area contributed by atoms with Crippen LogP contribution < -0.4 is 10.9 Å². The molecule has 0 fully saturated rings. The van der Waals surface area contributed by atoms with Gasteiger partial charge in [-0.25, -0.2) is 4.68 Å². The first-order chi connectivity index (χ1) is 11.5. The van der Waals surface area contributed by atoms with E-state index in [2.05, 4.69) is 15.6 Å². The molecule has 6 nitrogen and oxygen atoms in total. The van der Waals surface area contributed by atoms with Crippen LogP contribution in [0.4, 0.5) is 0 Å². The lowest BCUT2D eigenvalue weighted by Crippen LogP contribution is -2.35. The molecule has 6 heteroatoms. The Bertz CT molecular complexity index is 932. The molecule has 1 amide bonds. The molecule has 24 heavy (non-hydrogen) atoms. The quantitative estimate of drug-likeness (QED) is 0.797. The average Bonchev–Trinajstić information content (AvgIpc) is 2.58. The van der Waals surface area contributed by atoms with E-state index in [-0.39, 0.29) is 24.1 Å². The zero-order valence-electron chi connectivity index (χ0n) is 13.6. The van der Waals surface area contributed by atoms with Crippen LogP contribution >= 0.6 is 0 Å². The summed E-state index contributed by atoms with van der Waals surface area (Å²) >= 11 is 0. The lowest BCUT2D eigenvalue weighted by Gasteiger charge is -2.14. The first kappa shape index (κ1) is 15.9. The van der Waals surface area contributed by atoms with Crippen LogP contribution in [0.5, 0.6) is 0 Å². The fraction of sp³-hybridized carbons (Fsp3) is 0.222. The molecule has 0 radical (unpaired) electrons. The van der Waals surface area contributed by atoms with Crippen molar-refractivity contribution < 1.29 is 4.79 Å². The van der Waals surface area contributed by atoms with Crippen molar-refractivity contribution in [2.24, 2.45) is 0 Å². The predicted octanol–water partition coefficient (Wildman–Crippen LogP) is 1.98. The first-order valence-electron chi connectivity index (χ1n) is 7.73. The summed E-state index contributed by atoms with van der Waals surface area (Å²) in [4.78, 5) is 24.6. The second-order valence-corrected chi connectivity index (χ2v) is 5.77. The molecule has 0 unspecified atom stereocenters. The van der Waals surface area contributed by atoms with Gasteiger partial charge >= 0.3 is 0 Å². The Morgan fingerprint density at radius 2 is 1.88 bits per heavy atom. The number of aryl methyl sites for hydroxylation is 1. The highest BCUT2D eigenvalue weighted by Crippen LogP contribution is 2.12. The SMILES string of the molecule is Cc1ccc([C@H](C)NC(=O)Cn2nnc3ccccc3c2=O)cc1. The van der Waals surface area contributed by atoms with Gasteiger partial charge in [0, 0.05) is 0 Å². The number of amides is 1. The second-order valence-electron chi connectivity index (χ2n) is 5.77. The van der Waals surface area contributed by atoms with Crippen LogP contribution in [0.3, 0.4) is 0 Å². The lowest BCUT2D eigenvalue weighted by molar-refractivity contribution is -0.122. The van der Waals surface area contributed by atoms with Crippen LogP contribution in [0.2, 0.25) is 0 Å². The summed E-state index contributed by atoms with van der Waals surface area (Å²) < 4.78 is 1.08. The Kier molecular flexibility index (Phi) is 4.37. The topological polar surface area (TPSA) is 76.9 Å². The van der Waals surface area contributed by atoms with Crippen LogP contribution in [0, 0.1) is 6.92 Å². The van der Waals surface area contributed by atoms with Crippen molar-refractivity contribution in [3.8, 4) is 0 Å². The van der Waals surface area contributed by atoms with Crippen LogP contribution in [-0.4, -0.2) is 20.9 Å². The summed E-state index contributed by atoms with van der Waals surface area (Å²) in [5.74, 6) is -0.283.